The van der Waals surface area contributed by atoms with Crippen molar-refractivity contribution in [2.24, 2.45) is 0 Å². The lowest BCUT2D eigenvalue weighted by Gasteiger charge is -2.10. The molecule has 3 aromatic rings. The molecule has 4 rings (SSSR count). The molecule has 1 aliphatic rings. The van der Waals surface area contributed by atoms with Crippen LogP contribution in [0.1, 0.15) is 12.0 Å². The van der Waals surface area contributed by atoms with Crippen molar-refractivity contribution < 1.29 is 18.6 Å². The summed E-state index contributed by atoms with van der Waals surface area (Å²) in [6.07, 6.45) is 0.839. The zero-order chi connectivity index (χ0) is 18.6. The van der Waals surface area contributed by atoms with Gasteiger partial charge in [-0.1, -0.05) is 23.4 Å². The van der Waals surface area contributed by atoms with Crippen LogP contribution in [0.4, 0.5) is 0 Å². The van der Waals surface area contributed by atoms with Crippen molar-refractivity contribution in [2.75, 3.05) is 20.3 Å². The van der Waals surface area contributed by atoms with E-state index in [1.54, 1.807) is 7.11 Å². The first kappa shape index (κ1) is 18.0. The molecule has 0 amide bonds. The lowest BCUT2D eigenvalue weighted by atomic mass is 10.2. The Morgan fingerprint density at radius 2 is 1.93 bits per heavy atom. The van der Waals surface area contributed by atoms with Crippen molar-refractivity contribution in [1.29, 1.82) is 0 Å². The molecular weight excluding hydrogens is 388 g/mol. The Kier molecular flexibility index (Phi) is 5.40. The van der Waals surface area contributed by atoms with Crippen molar-refractivity contribution >= 4 is 23.4 Å². The summed E-state index contributed by atoms with van der Waals surface area (Å²) >= 11 is 7.78. The van der Waals surface area contributed by atoms with Gasteiger partial charge in [0, 0.05) is 17.7 Å². The van der Waals surface area contributed by atoms with Gasteiger partial charge in [-0.2, -0.15) is 0 Å². The predicted molar refractivity (Wildman–Crippen MR) is 103 cm³/mol. The quantitative estimate of drug-likeness (QED) is 0.563. The summed E-state index contributed by atoms with van der Waals surface area (Å²) < 4.78 is 22.3. The molecule has 0 fully saturated rings. The number of thioether (sulfide) groups is 1. The number of nitrogens with zero attached hydrogens (tertiary/aromatic N) is 2. The van der Waals surface area contributed by atoms with Crippen molar-refractivity contribution in [1.82, 2.24) is 10.2 Å². The molecule has 2 aromatic carbocycles. The van der Waals surface area contributed by atoms with E-state index in [0.29, 0.717) is 46.6 Å². The van der Waals surface area contributed by atoms with E-state index < -0.39 is 0 Å². The van der Waals surface area contributed by atoms with Crippen LogP contribution >= 0.6 is 23.4 Å². The first-order valence-electron chi connectivity index (χ1n) is 8.41. The topological polar surface area (TPSA) is 66.6 Å². The van der Waals surface area contributed by atoms with Crippen LogP contribution in [-0.4, -0.2) is 30.5 Å². The zero-order valence-corrected chi connectivity index (χ0v) is 16.2. The number of hydrogen-bond acceptors (Lipinski definition) is 7. The minimum absolute atomic E-state index is 0.469. The number of benzene rings is 2. The van der Waals surface area contributed by atoms with Crippen LogP contribution in [0.2, 0.25) is 5.02 Å². The normalized spacial score (nSPS) is 13.3. The standard InChI is InChI=1S/C19H17ClN2O4S/c1-23-14-5-3-13(4-6-14)18-21-22-19(26-18)27-11-12-9-15(20)17-16(10-12)24-7-2-8-25-17/h3-6,9-10H,2,7-8,11H2,1H3. The monoisotopic (exact) mass is 404 g/mol. The van der Waals surface area contributed by atoms with E-state index in [1.165, 1.54) is 11.8 Å². The average molecular weight is 405 g/mol. The molecule has 0 N–H and O–H groups in total. The zero-order valence-electron chi connectivity index (χ0n) is 14.6. The molecule has 0 spiro atoms. The molecule has 0 saturated carbocycles. The largest absolute Gasteiger partial charge is 0.497 e. The number of hydrogen-bond donors (Lipinski definition) is 0. The van der Waals surface area contributed by atoms with Gasteiger partial charge in [0.05, 0.1) is 25.3 Å². The number of ether oxygens (including phenoxy) is 3. The molecule has 0 atom stereocenters. The molecule has 8 heteroatoms. The van der Waals surface area contributed by atoms with Gasteiger partial charge in [0.15, 0.2) is 11.5 Å². The molecule has 0 radical (unpaired) electrons. The Balaban J connectivity index is 1.45. The van der Waals surface area contributed by atoms with Crippen LogP contribution in [-0.2, 0) is 5.75 Å². The van der Waals surface area contributed by atoms with Gasteiger partial charge >= 0.3 is 0 Å². The summed E-state index contributed by atoms with van der Waals surface area (Å²) in [5.74, 6) is 3.17. The van der Waals surface area contributed by atoms with E-state index in [4.69, 9.17) is 30.2 Å². The van der Waals surface area contributed by atoms with Crippen molar-refractivity contribution in [3.05, 3.63) is 47.0 Å². The molecule has 0 bridgehead atoms. The van der Waals surface area contributed by atoms with Crippen molar-refractivity contribution in [2.45, 2.75) is 17.4 Å². The molecule has 27 heavy (non-hydrogen) atoms. The third-order valence-corrected chi connectivity index (χ3v) is 5.14. The number of methoxy groups -OCH3 is 1. The Labute approximate surface area is 165 Å². The molecular formula is C19H17ClN2O4S. The third kappa shape index (κ3) is 4.14. The molecule has 1 aliphatic heterocycles. The fourth-order valence-electron chi connectivity index (χ4n) is 2.63. The van der Waals surface area contributed by atoms with Crippen LogP contribution in [0.5, 0.6) is 17.2 Å². The summed E-state index contributed by atoms with van der Waals surface area (Å²) in [6.45, 7) is 1.23. The van der Waals surface area contributed by atoms with E-state index in [1.807, 2.05) is 36.4 Å². The molecule has 0 aliphatic carbocycles. The summed E-state index contributed by atoms with van der Waals surface area (Å²) in [5.41, 5.74) is 1.84. The van der Waals surface area contributed by atoms with Gasteiger partial charge in [0.25, 0.3) is 5.22 Å². The maximum atomic E-state index is 6.33. The van der Waals surface area contributed by atoms with Gasteiger partial charge in [-0.25, -0.2) is 0 Å². The minimum atomic E-state index is 0.469. The highest BCUT2D eigenvalue weighted by Gasteiger charge is 2.16. The van der Waals surface area contributed by atoms with Gasteiger partial charge in [-0.15, -0.1) is 10.2 Å². The summed E-state index contributed by atoms with van der Waals surface area (Å²) in [6, 6.07) is 11.3. The Morgan fingerprint density at radius 1 is 1.11 bits per heavy atom. The maximum Gasteiger partial charge on any atom is 0.277 e. The summed E-state index contributed by atoms with van der Waals surface area (Å²) in [5, 5.41) is 9.25. The molecule has 0 saturated heterocycles. The highest BCUT2D eigenvalue weighted by molar-refractivity contribution is 7.98. The van der Waals surface area contributed by atoms with Gasteiger partial charge in [0.2, 0.25) is 5.89 Å². The lowest BCUT2D eigenvalue weighted by Crippen LogP contribution is -1.97. The number of rotatable bonds is 5. The Bertz CT molecular complexity index is 930. The van der Waals surface area contributed by atoms with Crippen LogP contribution in [0.15, 0.2) is 46.0 Å². The van der Waals surface area contributed by atoms with E-state index in [2.05, 4.69) is 10.2 Å². The van der Waals surface area contributed by atoms with Crippen molar-refractivity contribution in [3.63, 3.8) is 0 Å². The van der Waals surface area contributed by atoms with Gasteiger partial charge < -0.3 is 18.6 Å². The second-order valence-corrected chi connectivity index (χ2v) is 7.18. The van der Waals surface area contributed by atoms with E-state index in [0.717, 1.165) is 23.3 Å². The highest BCUT2D eigenvalue weighted by atomic mass is 35.5. The maximum absolute atomic E-state index is 6.33. The SMILES string of the molecule is COc1ccc(-c2nnc(SCc3cc(Cl)c4c(c3)OCCCO4)o2)cc1. The fraction of sp³-hybridized carbons (Fsp3) is 0.263. The molecule has 2 heterocycles. The Hall–Kier alpha value is -2.38. The van der Waals surface area contributed by atoms with Crippen LogP contribution in [0, 0.1) is 0 Å². The van der Waals surface area contributed by atoms with E-state index >= 15 is 0 Å². The number of halogens is 1. The number of aromatic nitrogens is 2. The second kappa shape index (κ2) is 8.10. The lowest BCUT2D eigenvalue weighted by molar-refractivity contribution is 0.297. The molecule has 1 aromatic heterocycles. The summed E-state index contributed by atoms with van der Waals surface area (Å²) in [4.78, 5) is 0. The first-order valence-corrected chi connectivity index (χ1v) is 9.78. The van der Waals surface area contributed by atoms with Gasteiger partial charge in [0.1, 0.15) is 5.75 Å². The average Bonchev–Trinajstić information content (AvgIpc) is 3.04. The number of fused-ring (bicyclic) bond motifs is 1. The minimum Gasteiger partial charge on any atom is -0.497 e. The fourth-order valence-corrected chi connectivity index (χ4v) is 3.61. The summed E-state index contributed by atoms with van der Waals surface area (Å²) in [7, 11) is 1.63. The Morgan fingerprint density at radius 3 is 2.74 bits per heavy atom. The second-order valence-electron chi connectivity index (χ2n) is 5.85. The van der Waals surface area contributed by atoms with Crippen LogP contribution in [0.25, 0.3) is 11.5 Å². The third-order valence-electron chi connectivity index (χ3n) is 3.97. The van der Waals surface area contributed by atoms with E-state index in [9.17, 15) is 0 Å². The van der Waals surface area contributed by atoms with Crippen molar-refractivity contribution in [3.8, 4) is 28.7 Å². The first-order chi connectivity index (χ1) is 13.2. The molecule has 6 nitrogen and oxygen atoms in total. The van der Waals surface area contributed by atoms with Crippen LogP contribution < -0.4 is 14.2 Å². The predicted octanol–water partition coefficient (Wildman–Crippen LogP) is 4.85. The van der Waals surface area contributed by atoms with Crippen LogP contribution in [0.3, 0.4) is 0 Å². The highest BCUT2D eigenvalue weighted by Crippen LogP contribution is 2.39. The van der Waals surface area contributed by atoms with E-state index in [-0.39, 0.29) is 0 Å². The van der Waals surface area contributed by atoms with Gasteiger partial charge in [-0.05, 0) is 42.0 Å². The molecule has 140 valence electrons. The van der Waals surface area contributed by atoms with Gasteiger partial charge in [-0.3, -0.25) is 0 Å². The smallest absolute Gasteiger partial charge is 0.277 e. The molecule has 0 unspecified atom stereocenters.